The molecule has 2 aromatic rings. The summed E-state index contributed by atoms with van der Waals surface area (Å²) < 4.78 is 10.5. The summed E-state index contributed by atoms with van der Waals surface area (Å²) in [5.41, 5.74) is 0.473. The summed E-state index contributed by atoms with van der Waals surface area (Å²) in [4.78, 5) is 46.9. The number of urea groups is 1. The number of nitrogens with zero attached hydrogens (tertiary/aromatic N) is 2. The summed E-state index contributed by atoms with van der Waals surface area (Å²) in [5.74, 6) is -1.30. The van der Waals surface area contributed by atoms with Gasteiger partial charge in [-0.05, 0) is 31.2 Å². The number of carbonyl (C=O) groups excluding carboxylic acids is 3. The van der Waals surface area contributed by atoms with E-state index >= 15 is 0 Å². The van der Waals surface area contributed by atoms with Crippen LogP contribution in [0.15, 0.2) is 40.8 Å². The average molecular weight is 373 g/mol. The molecule has 140 valence electrons. The van der Waals surface area contributed by atoms with E-state index in [1.807, 2.05) is 0 Å². The van der Waals surface area contributed by atoms with E-state index in [2.05, 4.69) is 5.32 Å². The number of non-ortho nitro benzene ring substituents is 1. The molecular weight excluding hydrogens is 358 g/mol. The van der Waals surface area contributed by atoms with Crippen LogP contribution in [0.3, 0.4) is 0 Å². The number of amides is 3. The highest BCUT2D eigenvalue weighted by atomic mass is 16.6. The minimum absolute atomic E-state index is 0.0665. The fourth-order valence-electron chi connectivity index (χ4n) is 2.52. The molecule has 0 spiro atoms. The highest BCUT2D eigenvalue weighted by molar-refractivity contribution is 5.99. The lowest BCUT2D eigenvalue weighted by atomic mass is 10.1. The summed E-state index contributed by atoms with van der Waals surface area (Å²) in [6.07, 6.45) is -1.16. The molecule has 3 rings (SSSR count). The fraction of sp³-hybridized carbons (Fsp3) is 0.235. The minimum atomic E-state index is -1.16. The van der Waals surface area contributed by atoms with Gasteiger partial charge in [0, 0.05) is 30.8 Å². The molecule has 10 nitrogen and oxygen atoms in total. The van der Waals surface area contributed by atoms with Crippen LogP contribution in [0.2, 0.25) is 0 Å². The van der Waals surface area contributed by atoms with Gasteiger partial charge in [0.1, 0.15) is 5.76 Å². The molecule has 1 atom stereocenters. The minimum Gasteiger partial charge on any atom is -0.449 e. The van der Waals surface area contributed by atoms with E-state index in [1.165, 1.54) is 43.3 Å². The molecule has 1 fully saturated rings. The Kier molecular flexibility index (Phi) is 4.88. The quantitative estimate of drug-likeness (QED) is 0.481. The molecule has 10 heteroatoms. The van der Waals surface area contributed by atoms with E-state index < -0.39 is 28.9 Å². The number of esters is 1. The zero-order valence-corrected chi connectivity index (χ0v) is 14.2. The van der Waals surface area contributed by atoms with Crippen molar-refractivity contribution in [3.63, 3.8) is 0 Å². The molecule has 1 aliphatic heterocycles. The van der Waals surface area contributed by atoms with Gasteiger partial charge in [-0.1, -0.05) is 0 Å². The van der Waals surface area contributed by atoms with Crippen LogP contribution >= 0.6 is 0 Å². The number of nitro groups is 1. The molecule has 0 saturated carbocycles. The third-order valence-corrected chi connectivity index (χ3v) is 3.92. The molecule has 1 aromatic heterocycles. The Bertz CT molecular complexity index is 904. The topological polar surface area (TPSA) is 132 Å². The summed E-state index contributed by atoms with van der Waals surface area (Å²) in [6, 6.07) is 7.97. The van der Waals surface area contributed by atoms with Gasteiger partial charge in [-0.2, -0.15) is 0 Å². The maximum atomic E-state index is 12.2. The van der Waals surface area contributed by atoms with Crippen LogP contribution in [0.1, 0.15) is 17.5 Å². The van der Waals surface area contributed by atoms with Crippen molar-refractivity contribution in [2.24, 2.45) is 0 Å². The smallest absolute Gasteiger partial charge is 0.375 e. The number of furan rings is 1. The van der Waals surface area contributed by atoms with Gasteiger partial charge >= 0.3 is 12.0 Å². The number of ether oxygens (including phenoxy) is 1. The van der Waals surface area contributed by atoms with Gasteiger partial charge in [0.05, 0.1) is 4.92 Å². The lowest BCUT2D eigenvalue weighted by Gasteiger charge is -2.17. The van der Waals surface area contributed by atoms with Gasteiger partial charge in [-0.25, -0.2) is 9.59 Å². The standard InChI is InChI=1S/C17H15N3O7/c1-10(15(21)19-9-8-18-17(19)23)26-16(22)14-7-6-13(27-14)11-2-4-12(5-3-11)20(24)25/h2-7,10H,8-9H2,1H3,(H,18,23)/t10-/m0/s1. The molecule has 1 saturated heterocycles. The van der Waals surface area contributed by atoms with Gasteiger partial charge < -0.3 is 14.5 Å². The van der Waals surface area contributed by atoms with Crippen molar-refractivity contribution >= 4 is 23.6 Å². The largest absolute Gasteiger partial charge is 0.449 e. The van der Waals surface area contributed by atoms with Crippen molar-refractivity contribution in [1.29, 1.82) is 0 Å². The number of nitrogens with one attached hydrogen (secondary N) is 1. The second-order valence-corrected chi connectivity index (χ2v) is 5.74. The lowest BCUT2D eigenvalue weighted by Crippen LogP contribution is -2.41. The molecule has 0 unspecified atom stereocenters. The Balaban J connectivity index is 1.66. The molecule has 3 amide bonds. The van der Waals surface area contributed by atoms with E-state index in [-0.39, 0.29) is 18.0 Å². The van der Waals surface area contributed by atoms with Crippen LogP contribution in [0.25, 0.3) is 11.3 Å². The van der Waals surface area contributed by atoms with Crippen LogP contribution in [0.4, 0.5) is 10.5 Å². The van der Waals surface area contributed by atoms with Crippen molar-refractivity contribution in [2.75, 3.05) is 13.1 Å². The van der Waals surface area contributed by atoms with Crippen molar-refractivity contribution in [2.45, 2.75) is 13.0 Å². The van der Waals surface area contributed by atoms with Crippen LogP contribution in [0, 0.1) is 10.1 Å². The summed E-state index contributed by atoms with van der Waals surface area (Å²) >= 11 is 0. The fourth-order valence-corrected chi connectivity index (χ4v) is 2.52. The molecular formula is C17H15N3O7. The molecule has 0 aliphatic carbocycles. The van der Waals surface area contributed by atoms with E-state index in [0.717, 1.165) is 4.90 Å². The Morgan fingerprint density at radius 2 is 1.96 bits per heavy atom. The van der Waals surface area contributed by atoms with Gasteiger partial charge in [0.25, 0.3) is 11.6 Å². The normalized spacial score (nSPS) is 14.6. The molecule has 1 aliphatic rings. The molecule has 2 heterocycles. The van der Waals surface area contributed by atoms with Crippen LogP contribution in [0.5, 0.6) is 0 Å². The van der Waals surface area contributed by atoms with E-state index in [1.54, 1.807) is 0 Å². The average Bonchev–Trinajstić information content (AvgIpc) is 3.30. The van der Waals surface area contributed by atoms with Crippen molar-refractivity contribution in [3.8, 4) is 11.3 Å². The predicted octanol–water partition coefficient (Wildman–Crippen LogP) is 1.95. The Labute approximate surface area is 152 Å². The number of carbonyl (C=O) groups is 3. The maximum Gasteiger partial charge on any atom is 0.375 e. The van der Waals surface area contributed by atoms with Crippen LogP contribution < -0.4 is 5.32 Å². The first-order chi connectivity index (χ1) is 12.9. The van der Waals surface area contributed by atoms with Gasteiger partial charge in [-0.3, -0.25) is 19.8 Å². The van der Waals surface area contributed by atoms with Crippen LogP contribution in [-0.4, -0.2) is 46.9 Å². The van der Waals surface area contributed by atoms with Crippen molar-refractivity contribution < 1.29 is 28.5 Å². The van der Waals surface area contributed by atoms with Gasteiger partial charge in [0.2, 0.25) is 5.76 Å². The maximum absolute atomic E-state index is 12.2. The number of hydrogen-bond acceptors (Lipinski definition) is 7. The zero-order valence-electron chi connectivity index (χ0n) is 14.2. The number of benzene rings is 1. The number of rotatable bonds is 5. The predicted molar refractivity (Wildman–Crippen MR) is 90.8 cm³/mol. The zero-order chi connectivity index (χ0) is 19.6. The third kappa shape index (κ3) is 3.78. The number of imide groups is 1. The van der Waals surface area contributed by atoms with Gasteiger partial charge in [0.15, 0.2) is 6.10 Å². The second-order valence-electron chi connectivity index (χ2n) is 5.74. The van der Waals surface area contributed by atoms with E-state index in [9.17, 15) is 24.5 Å². The highest BCUT2D eigenvalue weighted by Crippen LogP contribution is 2.25. The number of hydrogen-bond donors (Lipinski definition) is 1. The lowest BCUT2D eigenvalue weighted by molar-refractivity contribution is -0.384. The molecule has 27 heavy (non-hydrogen) atoms. The Morgan fingerprint density at radius 3 is 2.56 bits per heavy atom. The summed E-state index contributed by atoms with van der Waals surface area (Å²) in [7, 11) is 0. The Hall–Kier alpha value is -3.69. The van der Waals surface area contributed by atoms with Crippen molar-refractivity contribution in [1.82, 2.24) is 10.2 Å². The first-order valence-corrected chi connectivity index (χ1v) is 8.01. The molecule has 1 aromatic carbocycles. The SMILES string of the molecule is C[C@H](OC(=O)c1ccc(-c2ccc([N+](=O)[O-])cc2)o1)C(=O)N1CCNC1=O. The second kappa shape index (κ2) is 7.28. The van der Waals surface area contributed by atoms with Gasteiger partial charge in [-0.15, -0.1) is 0 Å². The first kappa shape index (κ1) is 18.1. The molecule has 0 radical (unpaired) electrons. The van der Waals surface area contributed by atoms with E-state index in [0.29, 0.717) is 17.9 Å². The molecule has 0 bridgehead atoms. The Morgan fingerprint density at radius 1 is 1.26 bits per heavy atom. The van der Waals surface area contributed by atoms with Crippen LogP contribution in [-0.2, 0) is 9.53 Å². The monoisotopic (exact) mass is 373 g/mol. The number of nitro benzene ring substituents is 1. The van der Waals surface area contributed by atoms with E-state index in [4.69, 9.17) is 9.15 Å². The van der Waals surface area contributed by atoms with Crippen molar-refractivity contribution in [3.05, 3.63) is 52.3 Å². The first-order valence-electron chi connectivity index (χ1n) is 8.01. The molecule has 1 N–H and O–H groups in total. The highest BCUT2D eigenvalue weighted by Gasteiger charge is 2.32. The summed E-state index contributed by atoms with van der Waals surface area (Å²) in [5, 5.41) is 13.2. The third-order valence-electron chi connectivity index (χ3n) is 3.92. The summed E-state index contributed by atoms with van der Waals surface area (Å²) in [6.45, 7) is 1.93.